The van der Waals surface area contributed by atoms with E-state index in [1.165, 1.54) is 27.2 Å². The van der Waals surface area contributed by atoms with E-state index in [1.807, 2.05) is 39.8 Å². The van der Waals surface area contributed by atoms with E-state index in [0.29, 0.717) is 23.6 Å². The number of furan rings is 1. The van der Waals surface area contributed by atoms with E-state index in [4.69, 9.17) is 28.1 Å². The number of methoxy groups -OCH3 is 1. The van der Waals surface area contributed by atoms with Gasteiger partial charge in [-0.2, -0.15) is 10.2 Å². The van der Waals surface area contributed by atoms with Crippen molar-refractivity contribution < 1.29 is 53.0 Å². The summed E-state index contributed by atoms with van der Waals surface area (Å²) in [4.78, 5) is 28.5. The van der Waals surface area contributed by atoms with Gasteiger partial charge >= 0.3 is 11.9 Å². The summed E-state index contributed by atoms with van der Waals surface area (Å²) in [5.41, 5.74) is -2.19. The summed E-state index contributed by atoms with van der Waals surface area (Å²) in [6.07, 6.45) is -4.51. The second-order valence-electron chi connectivity index (χ2n) is 15.5. The molecule has 0 radical (unpaired) electrons. The highest BCUT2D eigenvalue weighted by Gasteiger charge is 2.52. The Labute approximate surface area is 308 Å². The maximum Gasteiger partial charge on any atom is 0.312 e. The minimum atomic E-state index is -1.92. The van der Waals surface area contributed by atoms with Crippen LogP contribution in [0.3, 0.4) is 0 Å². The molecule has 0 amide bonds. The van der Waals surface area contributed by atoms with Crippen LogP contribution >= 0.6 is 0 Å². The van der Waals surface area contributed by atoms with Crippen LogP contribution in [0.5, 0.6) is 0 Å². The quantitative estimate of drug-likeness (QED) is 0.199. The largest absolute Gasteiger partial charge is 0.463 e. The van der Waals surface area contributed by atoms with Crippen LogP contribution in [0.25, 0.3) is 0 Å². The molecule has 3 heterocycles. The van der Waals surface area contributed by atoms with Crippen molar-refractivity contribution in [3.8, 4) is 0 Å². The van der Waals surface area contributed by atoms with Crippen LogP contribution in [0.2, 0.25) is 0 Å². The number of aliphatic hydroxyl groups is 3. The molecular formula is C38H63N3O11. The van der Waals surface area contributed by atoms with Gasteiger partial charge in [0.25, 0.3) is 0 Å². The van der Waals surface area contributed by atoms with Gasteiger partial charge in [0.15, 0.2) is 6.29 Å². The standard InChI is InChI=1S/C38H63N3O11/c1-14-29-38(10,46)33(44)22(4)30(40-39-25(7)28-16-15-17-48-28)20(2)19-37(9,47-13)34(23(5)32(50-26(8)42)24(6)35(45)51-29)52-36-31(43)27(41(11)12)18-21(3)49-36/h15-17,20-24,27,29,31-34,36,43-44,46H,14,18-19H2,1-13H3. The second-order valence-corrected chi connectivity index (χ2v) is 15.5. The lowest BCUT2D eigenvalue weighted by atomic mass is 9.73. The zero-order chi connectivity index (χ0) is 39.3. The van der Waals surface area contributed by atoms with Crippen LogP contribution < -0.4 is 0 Å². The van der Waals surface area contributed by atoms with Gasteiger partial charge in [-0.15, -0.1) is 0 Å². The third-order valence-corrected chi connectivity index (χ3v) is 11.0. The molecule has 0 aliphatic carbocycles. The van der Waals surface area contributed by atoms with Crippen LogP contribution in [-0.2, 0) is 33.3 Å². The van der Waals surface area contributed by atoms with Gasteiger partial charge in [0.2, 0.25) is 0 Å². The zero-order valence-corrected chi connectivity index (χ0v) is 33.2. The molecule has 1 aromatic rings. The molecule has 14 nitrogen and oxygen atoms in total. The number of carbonyl (C=O) groups is 2. The summed E-state index contributed by atoms with van der Waals surface area (Å²) in [6, 6.07) is 3.23. The summed E-state index contributed by atoms with van der Waals surface area (Å²) in [7, 11) is 5.29. The van der Waals surface area contributed by atoms with Crippen LogP contribution in [0, 0.1) is 23.7 Å². The molecule has 296 valence electrons. The fourth-order valence-corrected chi connectivity index (χ4v) is 7.84. The lowest BCUT2D eigenvalue weighted by Crippen LogP contribution is -2.60. The fourth-order valence-electron chi connectivity index (χ4n) is 7.84. The average Bonchev–Trinajstić information content (AvgIpc) is 3.63. The van der Waals surface area contributed by atoms with Crippen molar-refractivity contribution in [1.82, 2.24) is 4.90 Å². The highest BCUT2D eigenvalue weighted by atomic mass is 16.7. The van der Waals surface area contributed by atoms with Crippen molar-refractivity contribution in [2.75, 3.05) is 21.2 Å². The van der Waals surface area contributed by atoms with Crippen LogP contribution in [0.15, 0.2) is 33.0 Å². The fraction of sp³-hybridized carbons (Fsp3) is 0.789. The molecule has 1 aromatic heterocycles. The van der Waals surface area contributed by atoms with Gasteiger partial charge < -0.3 is 48.3 Å². The lowest BCUT2D eigenvalue weighted by Gasteiger charge is -2.48. The summed E-state index contributed by atoms with van der Waals surface area (Å²) in [5, 5.41) is 44.4. The first-order valence-corrected chi connectivity index (χ1v) is 18.3. The Morgan fingerprint density at radius 3 is 2.29 bits per heavy atom. The van der Waals surface area contributed by atoms with E-state index >= 15 is 0 Å². The van der Waals surface area contributed by atoms with E-state index in [0.717, 1.165) is 0 Å². The van der Waals surface area contributed by atoms with Crippen LogP contribution in [0.4, 0.5) is 0 Å². The number of rotatable bonds is 8. The predicted molar refractivity (Wildman–Crippen MR) is 195 cm³/mol. The van der Waals surface area contributed by atoms with E-state index in [9.17, 15) is 24.9 Å². The van der Waals surface area contributed by atoms with Crippen molar-refractivity contribution in [3.63, 3.8) is 0 Å². The molecule has 0 saturated carbocycles. The molecule has 2 fully saturated rings. The Hall–Kier alpha value is -2.72. The molecule has 52 heavy (non-hydrogen) atoms. The SMILES string of the molecule is CCC1OC(=O)C(C)C(OC(C)=O)C(C)C(OC2OC(C)CC(N(C)C)C2O)C(C)(OC)CC(C)C(=NN=C(C)c2ccco2)C(C)C(O)C1(C)O. The molecule has 14 unspecified atom stereocenters. The molecule has 14 heteroatoms. The number of hydrogen-bond acceptors (Lipinski definition) is 14. The van der Waals surface area contributed by atoms with Gasteiger partial charge in [-0.05, 0) is 86.0 Å². The minimum absolute atomic E-state index is 0.177. The predicted octanol–water partition coefficient (Wildman–Crippen LogP) is 3.97. The minimum Gasteiger partial charge on any atom is -0.463 e. The van der Waals surface area contributed by atoms with Gasteiger partial charge in [0, 0.05) is 37.6 Å². The van der Waals surface area contributed by atoms with Crippen molar-refractivity contribution in [2.45, 2.75) is 149 Å². The Bertz CT molecular complexity index is 1380. The van der Waals surface area contributed by atoms with E-state index in [-0.39, 0.29) is 25.0 Å². The Morgan fingerprint density at radius 2 is 1.75 bits per heavy atom. The van der Waals surface area contributed by atoms with Gasteiger partial charge in [-0.1, -0.05) is 27.7 Å². The normalized spacial score (nSPS) is 41.1. The van der Waals surface area contributed by atoms with E-state index in [2.05, 4.69) is 10.2 Å². The monoisotopic (exact) mass is 737 g/mol. The highest BCUT2D eigenvalue weighted by Crippen LogP contribution is 2.40. The molecule has 2 aliphatic rings. The summed E-state index contributed by atoms with van der Waals surface area (Å²) >= 11 is 0. The first kappa shape index (κ1) is 43.7. The average molecular weight is 738 g/mol. The number of hydrogen-bond donors (Lipinski definition) is 3. The van der Waals surface area contributed by atoms with Crippen molar-refractivity contribution in [2.24, 2.45) is 33.9 Å². The molecule has 14 atom stereocenters. The number of nitrogens with zero attached hydrogens (tertiary/aromatic N) is 3. The Balaban J connectivity index is 2.27. The molecular weight excluding hydrogens is 674 g/mol. The number of cyclic esters (lactones) is 1. The second kappa shape index (κ2) is 18.1. The number of likely N-dealkylation sites (N-methyl/N-ethyl adjacent to an activating group) is 1. The van der Waals surface area contributed by atoms with Gasteiger partial charge in [0.1, 0.15) is 35.4 Å². The van der Waals surface area contributed by atoms with Gasteiger partial charge in [0.05, 0.1) is 36.1 Å². The third kappa shape index (κ3) is 9.87. The smallest absolute Gasteiger partial charge is 0.312 e. The van der Waals surface area contributed by atoms with E-state index < -0.39 is 83.6 Å². The summed E-state index contributed by atoms with van der Waals surface area (Å²) in [6.45, 7) is 17.0. The third-order valence-electron chi connectivity index (χ3n) is 11.0. The highest BCUT2D eigenvalue weighted by molar-refractivity contribution is 5.97. The van der Waals surface area contributed by atoms with Crippen molar-refractivity contribution >= 4 is 23.4 Å². The summed E-state index contributed by atoms with van der Waals surface area (Å²) in [5.74, 6) is -3.87. The van der Waals surface area contributed by atoms with E-state index in [1.54, 1.807) is 46.8 Å². The molecule has 2 aliphatic heterocycles. The first-order chi connectivity index (χ1) is 24.2. The maximum atomic E-state index is 13.9. The van der Waals surface area contributed by atoms with Gasteiger partial charge in [-0.3, -0.25) is 9.59 Å². The molecule has 2 saturated heterocycles. The van der Waals surface area contributed by atoms with Crippen molar-refractivity contribution in [1.29, 1.82) is 0 Å². The lowest BCUT2D eigenvalue weighted by molar-refractivity contribution is -0.301. The molecule has 0 bridgehead atoms. The van der Waals surface area contributed by atoms with Crippen LogP contribution in [0.1, 0.15) is 94.3 Å². The molecule has 3 N–H and O–H groups in total. The zero-order valence-electron chi connectivity index (χ0n) is 33.2. The maximum absolute atomic E-state index is 13.9. The molecule has 0 spiro atoms. The Kier molecular flexibility index (Phi) is 15.2. The molecule has 0 aromatic carbocycles. The van der Waals surface area contributed by atoms with Crippen LogP contribution in [-0.4, -0.2) is 125 Å². The number of esters is 2. The Morgan fingerprint density at radius 1 is 1.10 bits per heavy atom. The molecule has 3 rings (SSSR count). The first-order valence-electron chi connectivity index (χ1n) is 18.3. The van der Waals surface area contributed by atoms with Gasteiger partial charge in [-0.25, -0.2) is 0 Å². The topological polar surface area (TPSA) is 182 Å². The number of aliphatic hydroxyl groups excluding tert-OH is 2. The summed E-state index contributed by atoms with van der Waals surface area (Å²) < 4.78 is 36.6. The number of ether oxygens (including phenoxy) is 5. The van der Waals surface area contributed by atoms with Crippen molar-refractivity contribution in [3.05, 3.63) is 24.2 Å². The number of carbonyl (C=O) groups excluding carboxylic acids is 2.